The van der Waals surface area contributed by atoms with Crippen LogP contribution in [0.2, 0.25) is 0 Å². The molecule has 1 aromatic carbocycles. The number of fused-ring (bicyclic) bond motifs is 2. The van der Waals surface area contributed by atoms with E-state index in [1.54, 1.807) is 35.2 Å². The van der Waals surface area contributed by atoms with E-state index in [0.29, 0.717) is 34.0 Å². The molecule has 2 aliphatic rings. The van der Waals surface area contributed by atoms with E-state index >= 15 is 0 Å². The maximum atomic E-state index is 14.3. The third kappa shape index (κ3) is 4.28. The van der Waals surface area contributed by atoms with Gasteiger partial charge in [-0.1, -0.05) is 6.07 Å². The van der Waals surface area contributed by atoms with Crippen LogP contribution in [0.25, 0.3) is 11.1 Å². The maximum absolute atomic E-state index is 14.3. The molecule has 0 saturated carbocycles. The zero-order chi connectivity index (χ0) is 23.9. The van der Waals surface area contributed by atoms with Crippen molar-refractivity contribution in [3.05, 3.63) is 65.9 Å². The number of nitrogens with zero attached hydrogens (tertiary/aromatic N) is 3. The van der Waals surface area contributed by atoms with Gasteiger partial charge in [-0.25, -0.2) is 18.7 Å². The Bertz CT molecular complexity index is 1250. The van der Waals surface area contributed by atoms with Crippen LogP contribution in [-0.2, 0) is 4.74 Å². The Morgan fingerprint density at radius 1 is 1.21 bits per heavy atom. The fraction of sp³-hybridized carbons (Fsp3) is 0.292. The molecular weight excluding hydrogens is 447 g/mol. The quantitative estimate of drug-likeness (QED) is 0.317. The average Bonchev–Trinajstić information content (AvgIpc) is 3.18. The van der Waals surface area contributed by atoms with E-state index in [2.05, 4.69) is 9.97 Å². The molecule has 1 atom stereocenters. The van der Waals surface area contributed by atoms with Gasteiger partial charge in [0.15, 0.2) is 0 Å². The standard InChI is InChI=1S/C24H22F3N5O2/c25-23-15(2-1-6-30-23)14-3-4-19-16(8-14)18(11-33-12-21(28)29)17-9-22(31-10-20(17)34-19)32-7-5-24(26,27)13-32/h1-4,6,8-10,18H,5,7,11-13H2,(H3,28,29)/t18-/m1/s1. The number of nitrogens with two attached hydrogens (primary N) is 1. The van der Waals surface area contributed by atoms with E-state index in [4.69, 9.17) is 20.6 Å². The van der Waals surface area contributed by atoms with Crippen LogP contribution in [-0.4, -0.2) is 48.0 Å². The van der Waals surface area contributed by atoms with Gasteiger partial charge in [0.05, 0.1) is 19.3 Å². The third-order valence-corrected chi connectivity index (χ3v) is 5.97. The molecule has 1 saturated heterocycles. The SMILES string of the molecule is N=C(N)COC[C@@H]1c2cc(-c3cccnc3F)ccc2Oc2cnc(N3CCC(F)(F)C3)cc21. The van der Waals surface area contributed by atoms with Crippen molar-refractivity contribution in [2.75, 3.05) is 31.2 Å². The highest BCUT2D eigenvalue weighted by Gasteiger charge is 2.39. The molecular formula is C24H22F3N5O2. The Balaban J connectivity index is 1.55. The van der Waals surface area contributed by atoms with Gasteiger partial charge in [-0.05, 0) is 35.9 Å². The summed E-state index contributed by atoms with van der Waals surface area (Å²) in [6.07, 6.45) is 2.68. The summed E-state index contributed by atoms with van der Waals surface area (Å²) in [5.41, 5.74) is 7.84. The number of halogens is 3. The molecule has 176 valence electrons. The van der Waals surface area contributed by atoms with E-state index in [-0.39, 0.29) is 37.9 Å². The monoisotopic (exact) mass is 469 g/mol. The second-order valence-electron chi connectivity index (χ2n) is 8.40. The minimum absolute atomic E-state index is 0.0603. The van der Waals surface area contributed by atoms with Gasteiger partial charge in [0.2, 0.25) is 5.95 Å². The molecule has 0 aliphatic carbocycles. The van der Waals surface area contributed by atoms with Gasteiger partial charge < -0.3 is 20.1 Å². The van der Waals surface area contributed by atoms with Crippen LogP contribution >= 0.6 is 0 Å². The van der Waals surface area contributed by atoms with E-state index in [9.17, 15) is 13.2 Å². The molecule has 34 heavy (non-hydrogen) atoms. The summed E-state index contributed by atoms with van der Waals surface area (Å²) in [5, 5.41) is 7.45. The number of aromatic nitrogens is 2. The van der Waals surface area contributed by atoms with Gasteiger partial charge in [-0.3, -0.25) is 5.41 Å². The third-order valence-electron chi connectivity index (χ3n) is 5.97. The summed E-state index contributed by atoms with van der Waals surface area (Å²) in [6.45, 7) is -0.102. The molecule has 2 aliphatic heterocycles. The minimum Gasteiger partial charge on any atom is -0.455 e. The van der Waals surface area contributed by atoms with Crippen LogP contribution in [0.15, 0.2) is 48.8 Å². The summed E-state index contributed by atoms with van der Waals surface area (Å²) >= 11 is 0. The number of hydrogen-bond donors (Lipinski definition) is 2. The van der Waals surface area contributed by atoms with Gasteiger partial charge in [-0.2, -0.15) is 4.39 Å². The second-order valence-corrected chi connectivity index (χ2v) is 8.40. The lowest BCUT2D eigenvalue weighted by Gasteiger charge is -2.30. The second kappa shape index (κ2) is 8.60. The Morgan fingerprint density at radius 3 is 2.76 bits per heavy atom. The van der Waals surface area contributed by atoms with Gasteiger partial charge in [-0.15, -0.1) is 0 Å². The predicted octanol–water partition coefficient (Wildman–Crippen LogP) is 4.32. The van der Waals surface area contributed by atoms with Crippen molar-refractivity contribution in [2.24, 2.45) is 5.73 Å². The topological polar surface area (TPSA) is 97.4 Å². The number of ether oxygens (including phenoxy) is 2. The molecule has 4 heterocycles. The van der Waals surface area contributed by atoms with Crippen LogP contribution < -0.4 is 15.4 Å². The first-order chi connectivity index (χ1) is 16.3. The molecule has 3 N–H and O–H groups in total. The summed E-state index contributed by atoms with van der Waals surface area (Å²) in [4.78, 5) is 9.62. The molecule has 0 spiro atoms. The minimum atomic E-state index is -2.76. The lowest BCUT2D eigenvalue weighted by molar-refractivity contribution is 0.0256. The first-order valence-electron chi connectivity index (χ1n) is 10.8. The van der Waals surface area contributed by atoms with Gasteiger partial charge in [0.25, 0.3) is 5.92 Å². The molecule has 3 aromatic rings. The Morgan fingerprint density at radius 2 is 2.03 bits per heavy atom. The Labute approximate surface area is 193 Å². The first kappa shape index (κ1) is 22.1. The maximum Gasteiger partial charge on any atom is 0.266 e. The molecule has 0 amide bonds. The highest BCUT2D eigenvalue weighted by Crippen LogP contribution is 2.46. The summed E-state index contributed by atoms with van der Waals surface area (Å²) in [5.74, 6) is -2.37. The molecule has 0 bridgehead atoms. The fourth-order valence-corrected chi connectivity index (χ4v) is 4.34. The first-order valence-corrected chi connectivity index (χ1v) is 10.8. The van der Waals surface area contributed by atoms with Gasteiger partial charge in [0.1, 0.15) is 29.8 Å². The lowest BCUT2D eigenvalue weighted by atomic mass is 9.87. The number of nitrogens with one attached hydrogen (secondary N) is 1. The molecule has 10 heteroatoms. The highest BCUT2D eigenvalue weighted by atomic mass is 19.3. The number of hydrogen-bond acceptors (Lipinski definition) is 6. The molecule has 7 nitrogen and oxygen atoms in total. The summed E-state index contributed by atoms with van der Waals surface area (Å²) < 4.78 is 53.7. The van der Waals surface area contributed by atoms with Crippen molar-refractivity contribution in [2.45, 2.75) is 18.3 Å². The van der Waals surface area contributed by atoms with Crippen LogP contribution in [0.1, 0.15) is 23.5 Å². The summed E-state index contributed by atoms with van der Waals surface area (Å²) in [7, 11) is 0. The van der Waals surface area contributed by atoms with Crippen LogP contribution in [0.3, 0.4) is 0 Å². The predicted molar refractivity (Wildman–Crippen MR) is 120 cm³/mol. The van der Waals surface area contributed by atoms with E-state index in [1.807, 2.05) is 6.07 Å². The molecule has 5 rings (SSSR count). The number of anilines is 1. The van der Waals surface area contributed by atoms with Crippen LogP contribution in [0.4, 0.5) is 19.0 Å². The molecule has 0 radical (unpaired) electrons. The van der Waals surface area contributed by atoms with Crippen molar-refractivity contribution >= 4 is 11.7 Å². The lowest BCUT2D eigenvalue weighted by Crippen LogP contribution is -2.26. The number of benzene rings is 1. The highest BCUT2D eigenvalue weighted by molar-refractivity contribution is 5.78. The Kier molecular flexibility index (Phi) is 5.60. The summed E-state index contributed by atoms with van der Waals surface area (Å²) in [6, 6.07) is 10.3. The van der Waals surface area contributed by atoms with Crippen molar-refractivity contribution in [3.8, 4) is 22.6 Å². The van der Waals surface area contributed by atoms with Crippen molar-refractivity contribution in [1.82, 2.24) is 9.97 Å². The smallest absolute Gasteiger partial charge is 0.266 e. The number of alkyl halides is 2. The van der Waals surface area contributed by atoms with Gasteiger partial charge in [0, 0.05) is 41.8 Å². The van der Waals surface area contributed by atoms with Crippen molar-refractivity contribution < 1.29 is 22.6 Å². The number of rotatable bonds is 6. The normalized spacial score (nSPS) is 18.2. The van der Waals surface area contributed by atoms with E-state index in [0.717, 1.165) is 5.56 Å². The van der Waals surface area contributed by atoms with E-state index < -0.39 is 18.4 Å². The van der Waals surface area contributed by atoms with Crippen molar-refractivity contribution in [1.29, 1.82) is 5.41 Å². The van der Waals surface area contributed by atoms with Crippen LogP contribution in [0, 0.1) is 11.4 Å². The number of amidine groups is 1. The zero-order valence-electron chi connectivity index (χ0n) is 18.1. The Hall–Kier alpha value is -3.66. The zero-order valence-corrected chi connectivity index (χ0v) is 18.1. The average molecular weight is 469 g/mol. The molecule has 1 fully saturated rings. The fourth-order valence-electron chi connectivity index (χ4n) is 4.34. The van der Waals surface area contributed by atoms with E-state index in [1.165, 1.54) is 12.4 Å². The van der Waals surface area contributed by atoms with Crippen molar-refractivity contribution in [3.63, 3.8) is 0 Å². The largest absolute Gasteiger partial charge is 0.455 e. The molecule has 0 unspecified atom stereocenters. The van der Waals surface area contributed by atoms with Gasteiger partial charge >= 0.3 is 0 Å². The number of pyridine rings is 2. The van der Waals surface area contributed by atoms with Crippen LogP contribution in [0.5, 0.6) is 11.5 Å². The molecule has 2 aromatic heterocycles.